The number of likely N-dealkylation sites (N-methyl/N-ethyl adjacent to an activating group) is 1. The van der Waals surface area contributed by atoms with Gasteiger partial charge in [0.15, 0.2) is 0 Å². The van der Waals surface area contributed by atoms with E-state index in [2.05, 4.69) is 18.8 Å². The standard InChI is InChI=1S/C11H17NO/c1-3-6-10(12-4-2)9-11-7-5-8-13-11/h3,5,7-8,10,12H,1,4,6,9H2,2H3. The Morgan fingerprint density at radius 3 is 3.08 bits per heavy atom. The normalized spacial score (nSPS) is 12.7. The maximum atomic E-state index is 5.28. The molecule has 0 saturated heterocycles. The van der Waals surface area contributed by atoms with Crippen LogP contribution < -0.4 is 5.32 Å². The summed E-state index contributed by atoms with van der Waals surface area (Å²) >= 11 is 0. The molecule has 13 heavy (non-hydrogen) atoms. The maximum absolute atomic E-state index is 5.28. The van der Waals surface area contributed by atoms with Crippen LogP contribution in [0.15, 0.2) is 35.5 Å². The molecule has 0 aliphatic carbocycles. The Balaban J connectivity index is 2.42. The third kappa shape index (κ3) is 3.47. The zero-order valence-electron chi connectivity index (χ0n) is 8.12. The predicted molar refractivity (Wildman–Crippen MR) is 54.7 cm³/mol. The lowest BCUT2D eigenvalue weighted by atomic mass is 10.1. The van der Waals surface area contributed by atoms with E-state index in [0.29, 0.717) is 6.04 Å². The van der Waals surface area contributed by atoms with Gasteiger partial charge in [-0.15, -0.1) is 6.58 Å². The molecule has 1 rings (SSSR count). The predicted octanol–water partition coefficient (Wildman–Crippen LogP) is 2.38. The Morgan fingerprint density at radius 2 is 2.54 bits per heavy atom. The molecule has 0 radical (unpaired) electrons. The van der Waals surface area contributed by atoms with Gasteiger partial charge in [0.25, 0.3) is 0 Å². The Kier molecular flexibility index (Phi) is 4.33. The van der Waals surface area contributed by atoms with Crippen LogP contribution >= 0.6 is 0 Å². The Morgan fingerprint density at radius 1 is 1.69 bits per heavy atom. The summed E-state index contributed by atoms with van der Waals surface area (Å²) in [6.45, 7) is 6.84. The zero-order valence-corrected chi connectivity index (χ0v) is 8.12. The molecule has 0 aliphatic rings. The molecule has 1 heterocycles. The number of hydrogen-bond acceptors (Lipinski definition) is 2. The molecule has 0 aromatic carbocycles. The van der Waals surface area contributed by atoms with E-state index in [4.69, 9.17) is 4.42 Å². The summed E-state index contributed by atoms with van der Waals surface area (Å²) in [7, 11) is 0. The summed E-state index contributed by atoms with van der Waals surface area (Å²) in [5, 5.41) is 3.39. The molecule has 0 saturated carbocycles. The van der Waals surface area contributed by atoms with Crippen LogP contribution in [0.1, 0.15) is 19.1 Å². The SMILES string of the molecule is C=CCC(Cc1ccco1)NCC. The molecule has 1 N–H and O–H groups in total. The molecule has 0 spiro atoms. The van der Waals surface area contributed by atoms with Crippen molar-refractivity contribution in [3.8, 4) is 0 Å². The topological polar surface area (TPSA) is 25.2 Å². The van der Waals surface area contributed by atoms with Gasteiger partial charge in [-0.1, -0.05) is 13.0 Å². The van der Waals surface area contributed by atoms with Gasteiger partial charge in [-0.2, -0.15) is 0 Å². The van der Waals surface area contributed by atoms with Crippen LogP contribution in [-0.4, -0.2) is 12.6 Å². The highest BCUT2D eigenvalue weighted by Gasteiger charge is 2.07. The molecule has 0 bridgehead atoms. The fourth-order valence-electron chi connectivity index (χ4n) is 1.40. The lowest BCUT2D eigenvalue weighted by molar-refractivity contribution is 0.448. The number of nitrogens with one attached hydrogen (secondary N) is 1. The van der Waals surface area contributed by atoms with E-state index in [0.717, 1.165) is 25.1 Å². The average molecular weight is 179 g/mol. The molecule has 0 amide bonds. The highest BCUT2D eigenvalue weighted by Crippen LogP contribution is 2.06. The molecule has 2 nitrogen and oxygen atoms in total. The minimum Gasteiger partial charge on any atom is -0.469 e. The van der Waals surface area contributed by atoms with Crippen LogP contribution in [0.5, 0.6) is 0 Å². The van der Waals surface area contributed by atoms with Gasteiger partial charge >= 0.3 is 0 Å². The first-order valence-corrected chi connectivity index (χ1v) is 4.73. The fraction of sp³-hybridized carbons (Fsp3) is 0.455. The molecular formula is C11H17NO. The lowest BCUT2D eigenvalue weighted by Crippen LogP contribution is -2.30. The molecular weight excluding hydrogens is 162 g/mol. The Bertz CT molecular complexity index is 228. The van der Waals surface area contributed by atoms with Crippen molar-refractivity contribution in [2.75, 3.05) is 6.54 Å². The summed E-state index contributed by atoms with van der Waals surface area (Å²) in [6, 6.07) is 4.38. The van der Waals surface area contributed by atoms with E-state index in [9.17, 15) is 0 Å². The lowest BCUT2D eigenvalue weighted by Gasteiger charge is -2.13. The fourth-order valence-corrected chi connectivity index (χ4v) is 1.40. The summed E-state index contributed by atoms with van der Waals surface area (Å²) in [4.78, 5) is 0. The number of rotatable bonds is 6. The third-order valence-corrected chi connectivity index (χ3v) is 1.97. The van der Waals surface area contributed by atoms with Crippen molar-refractivity contribution in [1.82, 2.24) is 5.32 Å². The van der Waals surface area contributed by atoms with Gasteiger partial charge in [-0.05, 0) is 25.1 Å². The van der Waals surface area contributed by atoms with E-state index in [1.165, 1.54) is 0 Å². The summed E-state index contributed by atoms with van der Waals surface area (Å²) < 4.78 is 5.28. The van der Waals surface area contributed by atoms with E-state index < -0.39 is 0 Å². The van der Waals surface area contributed by atoms with Crippen LogP contribution in [0, 0.1) is 0 Å². The molecule has 1 aromatic rings. The van der Waals surface area contributed by atoms with Crippen molar-refractivity contribution in [3.63, 3.8) is 0 Å². The molecule has 2 heteroatoms. The quantitative estimate of drug-likeness (QED) is 0.678. The molecule has 72 valence electrons. The average Bonchev–Trinajstić information content (AvgIpc) is 2.58. The summed E-state index contributed by atoms with van der Waals surface area (Å²) in [5.41, 5.74) is 0. The van der Waals surface area contributed by atoms with Crippen molar-refractivity contribution in [1.29, 1.82) is 0 Å². The first-order valence-electron chi connectivity index (χ1n) is 4.73. The van der Waals surface area contributed by atoms with E-state index >= 15 is 0 Å². The first-order chi connectivity index (χ1) is 6.36. The van der Waals surface area contributed by atoms with E-state index in [-0.39, 0.29) is 0 Å². The van der Waals surface area contributed by atoms with Crippen LogP contribution in [-0.2, 0) is 6.42 Å². The van der Waals surface area contributed by atoms with Crippen LogP contribution in [0.3, 0.4) is 0 Å². The number of hydrogen-bond donors (Lipinski definition) is 1. The highest BCUT2D eigenvalue weighted by atomic mass is 16.3. The summed E-state index contributed by atoms with van der Waals surface area (Å²) in [5.74, 6) is 1.04. The second-order valence-electron chi connectivity index (χ2n) is 3.06. The first kappa shape index (κ1) is 10.1. The molecule has 1 aromatic heterocycles. The minimum absolute atomic E-state index is 0.452. The van der Waals surface area contributed by atoms with E-state index in [1.807, 2.05) is 18.2 Å². The molecule has 1 unspecified atom stereocenters. The molecule has 0 fully saturated rings. The van der Waals surface area contributed by atoms with Crippen molar-refractivity contribution in [2.24, 2.45) is 0 Å². The Labute approximate surface area is 79.6 Å². The van der Waals surface area contributed by atoms with E-state index in [1.54, 1.807) is 6.26 Å². The van der Waals surface area contributed by atoms with Crippen LogP contribution in [0.4, 0.5) is 0 Å². The third-order valence-electron chi connectivity index (χ3n) is 1.97. The highest BCUT2D eigenvalue weighted by molar-refractivity contribution is 5.01. The van der Waals surface area contributed by atoms with Gasteiger partial charge in [0.1, 0.15) is 5.76 Å². The van der Waals surface area contributed by atoms with Gasteiger partial charge in [0, 0.05) is 12.5 Å². The molecule has 1 atom stereocenters. The zero-order chi connectivity index (χ0) is 9.52. The number of furan rings is 1. The van der Waals surface area contributed by atoms with Crippen molar-refractivity contribution < 1.29 is 4.42 Å². The Hall–Kier alpha value is -1.02. The monoisotopic (exact) mass is 179 g/mol. The molecule has 0 aliphatic heterocycles. The van der Waals surface area contributed by atoms with Gasteiger partial charge in [-0.25, -0.2) is 0 Å². The van der Waals surface area contributed by atoms with Gasteiger partial charge < -0.3 is 9.73 Å². The summed E-state index contributed by atoms with van der Waals surface area (Å²) in [6.07, 6.45) is 5.57. The maximum Gasteiger partial charge on any atom is 0.105 e. The second-order valence-corrected chi connectivity index (χ2v) is 3.06. The van der Waals surface area contributed by atoms with Crippen LogP contribution in [0.25, 0.3) is 0 Å². The minimum atomic E-state index is 0.452. The van der Waals surface area contributed by atoms with Gasteiger partial charge in [0.2, 0.25) is 0 Å². The van der Waals surface area contributed by atoms with Gasteiger partial charge in [-0.3, -0.25) is 0 Å². The smallest absolute Gasteiger partial charge is 0.105 e. The largest absolute Gasteiger partial charge is 0.469 e. The van der Waals surface area contributed by atoms with Gasteiger partial charge in [0.05, 0.1) is 6.26 Å². The van der Waals surface area contributed by atoms with Crippen LogP contribution in [0.2, 0.25) is 0 Å². The van der Waals surface area contributed by atoms with Crippen molar-refractivity contribution in [2.45, 2.75) is 25.8 Å². The van der Waals surface area contributed by atoms with Crippen molar-refractivity contribution >= 4 is 0 Å². The second kappa shape index (κ2) is 5.60. The van der Waals surface area contributed by atoms with Crippen molar-refractivity contribution in [3.05, 3.63) is 36.8 Å².